The molecule has 0 atom stereocenters. The molecule has 0 radical (unpaired) electrons. The lowest BCUT2D eigenvalue weighted by Gasteiger charge is -2.11. The fourth-order valence-electron chi connectivity index (χ4n) is 2.98. The lowest BCUT2D eigenvalue weighted by atomic mass is 10.1. The molecule has 4 rings (SSSR count). The van der Waals surface area contributed by atoms with Gasteiger partial charge in [-0.1, -0.05) is 12.1 Å². The molecule has 28 heavy (non-hydrogen) atoms. The van der Waals surface area contributed by atoms with E-state index in [0.717, 1.165) is 34.1 Å². The Kier molecular flexibility index (Phi) is 5.21. The van der Waals surface area contributed by atoms with Crippen LogP contribution in [0.2, 0.25) is 0 Å². The summed E-state index contributed by atoms with van der Waals surface area (Å²) in [6.07, 6.45) is 5.46. The summed E-state index contributed by atoms with van der Waals surface area (Å²) in [6.45, 7) is 5.43. The van der Waals surface area contributed by atoms with Crippen LogP contribution in [0.15, 0.2) is 67.1 Å². The van der Waals surface area contributed by atoms with E-state index in [-0.39, 0.29) is 0 Å². The number of anilines is 2. The number of pyridine rings is 1. The van der Waals surface area contributed by atoms with Gasteiger partial charge in [0.1, 0.15) is 5.82 Å². The molecule has 0 saturated heterocycles. The van der Waals surface area contributed by atoms with Crippen molar-refractivity contribution in [2.75, 3.05) is 11.9 Å². The molecule has 0 aliphatic carbocycles. The zero-order chi connectivity index (χ0) is 19.3. The minimum atomic E-state index is 0.621. The highest BCUT2D eigenvalue weighted by atomic mass is 16.5. The molecule has 0 unspecified atom stereocenters. The fourth-order valence-corrected chi connectivity index (χ4v) is 2.98. The third-order valence-corrected chi connectivity index (χ3v) is 4.53. The maximum Gasteiger partial charge on any atom is 0.153 e. The quantitative estimate of drug-likeness (QED) is 0.486. The van der Waals surface area contributed by atoms with Gasteiger partial charge in [0.05, 0.1) is 6.61 Å². The molecule has 1 aromatic carbocycles. The molecule has 0 aliphatic heterocycles. The Labute approximate surface area is 164 Å². The molecule has 6 nitrogen and oxygen atoms in total. The highest BCUT2D eigenvalue weighted by Crippen LogP contribution is 2.25. The van der Waals surface area contributed by atoms with Crippen molar-refractivity contribution in [1.82, 2.24) is 19.7 Å². The van der Waals surface area contributed by atoms with E-state index in [2.05, 4.69) is 45.5 Å². The van der Waals surface area contributed by atoms with Crippen molar-refractivity contribution in [3.8, 4) is 17.1 Å². The number of nitrogens with one attached hydrogen (secondary N) is 2. The summed E-state index contributed by atoms with van der Waals surface area (Å²) in [6, 6.07) is 16.3. The Hall–Kier alpha value is -3.38. The monoisotopic (exact) mass is 373 g/mol. The van der Waals surface area contributed by atoms with Crippen LogP contribution < -0.4 is 5.32 Å². The zero-order valence-electron chi connectivity index (χ0n) is 16.0. The normalized spacial score (nSPS) is 10.9. The maximum absolute atomic E-state index is 5.51. The Morgan fingerprint density at radius 2 is 2.07 bits per heavy atom. The van der Waals surface area contributed by atoms with Crippen molar-refractivity contribution in [3.05, 3.63) is 78.2 Å². The van der Waals surface area contributed by atoms with Gasteiger partial charge in [-0.15, -0.1) is 0 Å². The molecule has 6 heteroatoms. The Morgan fingerprint density at radius 3 is 2.82 bits per heavy atom. The van der Waals surface area contributed by atoms with Gasteiger partial charge in [-0.05, 0) is 61.4 Å². The van der Waals surface area contributed by atoms with Gasteiger partial charge in [0.25, 0.3) is 0 Å². The van der Waals surface area contributed by atoms with Crippen LogP contribution in [0.1, 0.15) is 18.1 Å². The van der Waals surface area contributed by atoms with Crippen LogP contribution in [0.3, 0.4) is 0 Å². The standard InChI is InChI=1S/C22H23N5O/c1-3-28-15-17-6-5-16(2)20(13-17)26-21-9-8-19(25-21)18-7-10-22(23-14-18)27-12-4-11-24-27/h4-14,25-26H,3,15H2,1-2H3. The topological polar surface area (TPSA) is 67.8 Å². The molecule has 2 N–H and O–H groups in total. The van der Waals surface area contributed by atoms with E-state index in [0.29, 0.717) is 13.2 Å². The molecule has 0 amide bonds. The summed E-state index contributed by atoms with van der Waals surface area (Å²) in [7, 11) is 0. The number of hydrogen-bond donors (Lipinski definition) is 2. The number of aromatic nitrogens is 4. The number of nitrogens with zero attached hydrogens (tertiary/aromatic N) is 3. The second kappa shape index (κ2) is 8.10. The zero-order valence-corrected chi connectivity index (χ0v) is 16.0. The molecule has 142 valence electrons. The first-order valence-corrected chi connectivity index (χ1v) is 9.32. The van der Waals surface area contributed by atoms with Crippen molar-refractivity contribution in [1.29, 1.82) is 0 Å². The average Bonchev–Trinajstić information content (AvgIpc) is 3.41. The van der Waals surface area contributed by atoms with Crippen LogP contribution in [0, 0.1) is 6.92 Å². The molecule has 0 saturated carbocycles. The van der Waals surface area contributed by atoms with Gasteiger partial charge in [0.15, 0.2) is 5.82 Å². The molecule has 0 aliphatic rings. The molecule has 4 aromatic rings. The maximum atomic E-state index is 5.51. The Morgan fingerprint density at radius 1 is 1.14 bits per heavy atom. The van der Waals surface area contributed by atoms with E-state index >= 15 is 0 Å². The van der Waals surface area contributed by atoms with Crippen LogP contribution in [0.25, 0.3) is 17.1 Å². The number of benzene rings is 1. The number of aryl methyl sites for hydroxylation is 1. The predicted molar refractivity (Wildman–Crippen MR) is 111 cm³/mol. The lowest BCUT2D eigenvalue weighted by molar-refractivity contribution is 0.134. The lowest BCUT2D eigenvalue weighted by Crippen LogP contribution is -1.98. The molecular weight excluding hydrogens is 350 g/mol. The number of hydrogen-bond acceptors (Lipinski definition) is 4. The van der Waals surface area contributed by atoms with Crippen LogP contribution in [-0.4, -0.2) is 26.4 Å². The number of ether oxygens (including phenoxy) is 1. The second-order valence-electron chi connectivity index (χ2n) is 6.55. The van der Waals surface area contributed by atoms with Crippen LogP contribution in [-0.2, 0) is 11.3 Å². The summed E-state index contributed by atoms with van der Waals surface area (Å²) in [5.74, 6) is 1.73. The summed E-state index contributed by atoms with van der Waals surface area (Å²) in [5.41, 5.74) is 5.43. The van der Waals surface area contributed by atoms with E-state index in [1.54, 1.807) is 10.9 Å². The summed E-state index contributed by atoms with van der Waals surface area (Å²) < 4.78 is 7.25. The largest absolute Gasteiger partial charge is 0.377 e. The van der Waals surface area contributed by atoms with Crippen LogP contribution >= 0.6 is 0 Å². The first-order valence-electron chi connectivity index (χ1n) is 9.32. The minimum absolute atomic E-state index is 0.621. The average molecular weight is 373 g/mol. The van der Waals surface area contributed by atoms with Gasteiger partial charge in [0, 0.05) is 42.1 Å². The molecule has 0 bridgehead atoms. The first-order chi connectivity index (χ1) is 13.7. The molecule has 3 aromatic heterocycles. The third-order valence-electron chi connectivity index (χ3n) is 4.53. The van der Waals surface area contributed by atoms with Crippen molar-refractivity contribution in [2.45, 2.75) is 20.5 Å². The second-order valence-corrected chi connectivity index (χ2v) is 6.55. The molecule has 0 fully saturated rings. The fraction of sp³-hybridized carbons (Fsp3) is 0.182. The van der Waals surface area contributed by atoms with Gasteiger partial charge < -0.3 is 15.0 Å². The van der Waals surface area contributed by atoms with Crippen molar-refractivity contribution >= 4 is 11.5 Å². The minimum Gasteiger partial charge on any atom is -0.377 e. The molecule has 3 heterocycles. The van der Waals surface area contributed by atoms with Gasteiger partial charge in [-0.3, -0.25) is 0 Å². The summed E-state index contributed by atoms with van der Waals surface area (Å²) in [5, 5.41) is 7.67. The van der Waals surface area contributed by atoms with Gasteiger partial charge in [0.2, 0.25) is 0 Å². The van der Waals surface area contributed by atoms with Crippen molar-refractivity contribution in [3.63, 3.8) is 0 Å². The number of H-pyrrole nitrogens is 1. The SMILES string of the molecule is CCOCc1ccc(C)c(Nc2ccc(-c3ccc(-n4cccn4)nc3)[nH]2)c1. The van der Waals surface area contributed by atoms with E-state index in [9.17, 15) is 0 Å². The third kappa shape index (κ3) is 3.97. The Bertz CT molecular complexity index is 1040. The highest BCUT2D eigenvalue weighted by Gasteiger charge is 2.06. The van der Waals surface area contributed by atoms with E-state index in [1.165, 1.54) is 5.56 Å². The van der Waals surface area contributed by atoms with Crippen LogP contribution in [0.4, 0.5) is 11.5 Å². The first kappa shape index (κ1) is 18.0. The Balaban J connectivity index is 1.50. The summed E-state index contributed by atoms with van der Waals surface area (Å²) in [4.78, 5) is 7.91. The van der Waals surface area contributed by atoms with Crippen LogP contribution in [0.5, 0.6) is 0 Å². The smallest absolute Gasteiger partial charge is 0.153 e. The van der Waals surface area contributed by atoms with Gasteiger partial charge in [-0.25, -0.2) is 9.67 Å². The number of aromatic amines is 1. The van der Waals surface area contributed by atoms with Gasteiger partial charge >= 0.3 is 0 Å². The number of rotatable bonds is 7. The van der Waals surface area contributed by atoms with E-state index in [1.807, 2.05) is 49.6 Å². The van der Waals surface area contributed by atoms with E-state index < -0.39 is 0 Å². The van der Waals surface area contributed by atoms with Crippen molar-refractivity contribution < 1.29 is 4.74 Å². The van der Waals surface area contributed by atoms with E-state index in [4.69, 9.17) is 4.74 Å². The summed E-state index contributed by atoms with van der Waals surface area (Å²) >= 11 is 0. The molecular formula is C22H23N5O. The van der Waals surface area contributed by atoms with Gasteiger partial charge in [-0.2, -0.15) is 5.10 Å². The van der Waals surface area contributed by atoms with Crippen molar-refractivity contribution in [2.24, 2.45) is 0 Å². The molecule has 0 spiro atoms. The highest BCUT2D eigenvalue weighted by molar-refractivity contribution is 5.67. The predicted octanol–water partition coefficient (Wildman–Crippen LogP) is 4.85.